The quantitative estimate of drug-likeness (QED) is 0.764. The number of ether oxygens (including phenoxy) is 3. The van der Waals surface area contributed by atoms with Crippen LogP contribution in [0.1, 0.15) is 13.8 Å². The van der Waals surface area contributed by atoms with E-state index in [0.717, 1.165) is 0 Å². The van der Waals surface area contributed by atoms with Crippen molar-refractivity contribution in [3.8, 4) is 23.3 Å². The molecular formula is C12H13NO3. The van der Waals surface area contributed by atoms with Gasteiger partial charge in [-0.25, -0.2) is 0 Å². The Labute approximate surface area is 94.3 Å². The molecule has 0 spiro atoms. The Bertz CT molecular complexity index is 434. The van der Waals surface area contributed by atoms with Crippen LogP contribution in [-0.2, 0) is 0 Å². The van der Waals surface area contributed by atoms with Gasteiger partial charge in [0.05, 0.1) is 0 Å². The minimum absolute atomic E-state index is 0.500. The smallest absolute Gasteiger partial charge is 0.203 e. The third-order valence-corrected chi connectivity index (χ3v) is 2.16. The maximum Gasteiger partial charge on any atom is 0.203 e. The Balaban J connectivity index is 2.32. The van der Waals surface area contributed by atoms with E-state index in [9.17, 15) is 0 Å². The second kappa shape index (κ2) is 3.93. The zero-order chi connectivity index (χ0) is 11.6. The van der Waals surface area contributed by atoms with Gasteiger partial charge in [-0.15, -0.1) is 0 Å². The van der Waals surface area contributed by atoms with Gasteiger partial charge < -0.3 is 14.2 Å². The molecule has 1 heterocycles. The molecule has 1 aromatic carbocycles. The molecule has 2 rings (SSSR count). The summed E-state index contributed by atoms with van der Waals surface area (Å²) in [5, 5.41) is 8.91. The second-order valence-electron chi connectivity index (χ2n) is 4.00. The molecule has 0 bridgehead atoms. The Kier molecular flexibility index (Phi) is 2.61. The lowest BCUT2D eigenvalue weighted by Crippen LogP contribution is -2.26. The minimum Gasteiger partial charge on any atom is -0.486 e. The van der Waals surface area contributed by atoms with Gasteiger partial charge in [-0.2, -0.15) is 5.26 Å². The Hall–Kier alpha value is -1.89. The maximum absolute atomic E-state index is 8.91. The molecule has 0 aliphatic carbocycles. The molecule has 1 aromatic rings. The molecule has 16 heavy (non-hydrogen) atoms. The summed E-state index contributed by atoms with van der Waals surface area (Å²) in [7, 11) is 0. The lowest BCUT2D eigenvalue weighted by atomic mass is 10.1. The van der Waals surface area contributed by atoms with Crippen LogP contribution in [-0.4, -0.2) is 18.8 Å². The summed E-state index contributed by atoms with van der Waals surface area (Å²) in [6.45, 7) is 4.45. The first-order chi connectivity index (χ1) is 7.62. The summed E-state index contributed by atoms with van der Waals surface area (Å²) in [6.07, 6.45) is 0. The van der Waals surface area contributed by atoms with E-state index in [1.54, 1.807) is 19.9 Å². The van der Waals surface area contributed by atoms with Crippen LogP contribution in [0.3, 0.4) is 0 Å². The molecular weight excluding hydrogens is 206 g/mol. The number of fused-ring (bicyclic) bond motifs is 1. The van der Waals surface area contributed by atoms with Crippen LogP contribution < -0.4 is 14.2 Å². The van der Waals surface area contributed by atoms with E-state index in [1.165, 1.54) is 0 Å². The lowest BCUT2D eigenvalue weighted by Gasteiger charge is -2.24. The molecule has 0 saturated heterocycles. The Morgan fingerprint density at radius 3 is 2.81 bits per heavy atom. The molecule has 84 valence electrons. The van der Waals surface area contributed by atoms with Crippen LogP contribution >= 0.6 is 0 Å². The number of nitriles is 1. The highest BCUT2D eigenvalue weighted by atomic mass is 16.6. The van der Waals surface area contributed by atoms with Gasteiger partial charge in [-0.05, 0) is 26.0 Å². The molecule has 0 radical (unpaired) electrons. The highest BCUT2D eigenvalue weighted by Crippen LogP contribution is 2.40. The zero-order valence-corrected chi connectivity index (χ0v) is 9.32. The second-order valence-corrected chi connectivity index (χ2v) is 4.00. The van der Waals surface area contributed by atoms with E-state index >= 15 is 0 Å². The Morgan fingerprint density at radius 1 is 1.31 bits per heavy atom. The third kappa shape index (κ3) is 2.03. The van der Waals surface area contributed by atoms with Crippen LogP contribution in [0.25, 0.3) is 0 Å². The van der Waals surface area contributed by atoms with Crippen molar-refractivity contribution < 1.29 is 14.2 Å². The van der Waals surface area contributed by atoms with Crippen molar-refractivity contribution in [2.24, 2.45) is 0 Å². The fourth-order valence-electron chi connectivity index (χ4n) is 1.43. The molecule has 0 unspecified atom stereocenters. The van der Waals surface area contributed by atoms with Gasteiger partial charge in [-0.3, -0.25) is 0 Å². The van der Waals surface area contributed by atoms with Crippen molar-refractivity contribution in [3.05, 3.63) is 18.2 Å². The largest absolute Gasteiger partial charge is 0.486 e. The molecule has 0 amide bonds. The number of benzene rings is 1. The summed E-state index contributed by atoms with van der Waals surface area (Å²) in [5.41, 5.74) is -0.879. The SMILES string of the molecule is CC(C)(C#N)Oc1cccc2c1OCCO2. The minimum atomic E-state index is -0.879. The van der Waals surface area contributed by atoms with Crippen molar-refractivity contribution in [1.29, 1.82) is 5.26 Å². The normalized spacial score (nSPS) is 14.1. The highest BCUT2D eigenvalue weighted by molar-refractivity contribution is 5.52. The maximum atomic E-state index is 8.91. The van der Waals surface area contributed by atoms with E-state index < -0.39 is 5.60 Å². The summed E-state index contributed by atoms with van der Waals surface area (Å²) in [6, 6.07) is 7.48. The van der Waals surface area contributed by atoms with Crippen molar-refractivity contribution in [3.63, 3.8) is 0 Å². The predicted molar refractivity (Wildman–Crippen MR) is 57.8 cm³/mol. The molecule has 0 N–H and O–H groups in total. The molecule has 0 fully saturated rings. The summed E-state index contributed by atoms with van der Waals surface area (Å²) < 4.78 is 16.5. The van der Waals surface area contributed by atoms with Crippen molar-refractivity contribution in [2.75, 3.05) is 13.2 Å². The lowest BCUT2D eigenvalue weighted by molar-refractivity contribution is 0.134. The number of hydrogen-bond acceptors (Lipinski definition) is 4. The zero-order valence-electron chi connectivity index (χ0n) is 9.32. The van der Waals surface area contributed by atoms with Gasteiger partial charge in [0, 0.05) is 0 Å². The molecule has 4 nitrogen and oxygen atoms in total. The third-order valence-electron chi connectivity index (χ3n) is 2.16. The monoisotopic (exact) mass is 219 g/mol. The van der Waals surface area contributed by atoms with Gasteiger partial charge in [0.15, 0.2) is 17.1 Å². The fourth-order valence-corrected chi connectivity index (χ4v) is 1.43. The van der Waals surface area contributed by atoms with Gasteiger partial charge >= 0.3 is 0 Å². The van der Waals surface area contributed by atoms with Crippen LogP contribution in [0, 0.1) is 11.3 Å². The molecule has 1 aliphatic heterocycles. The fraction of sp³-hybridized carbons (Fsp3) is 0.417. The molecule has 0 atom stereocenters. The van der Waals surface area contributed by atoms with E-state index in [0.29, 0.717) is 30.5 Å². The van der Waals surface area contributed by atoms with Gasteiger partial charge in [-0.1, -0.05) is 6.07 Å². The van der Waals surface area contributed by atoms with E-state index in [1.807, 2.05) is 12.1 Å². The van der Waals surface area contributed by atoms with Crippen LogP contribution in [0.5, 0.6) is 17.2 Å². The van der Waals surface area contributed by atoms with Crippen molar-refractivity contribution in [1.82, 2.24) is 0 Å². The van der Waals surface area contributed by atoms with Crippen molar-refractivity contribution in [2.45, 2.75) is 19.4 Å². The molecule has 0 saturated carbocycles. The number of rotatable bonds is 2. The first-order valence-electron chi connectivity index (χ1n) is 5.11. The van der Waals surface area contributed by atoms with Crippen LogP contribution in [0.15, 0.2) is 18.2 Å². The first-order valence-corrected chi connectivity index (χ1v) is 5.11. The molecule has 4 heteroatoms. The number of hydrogen-bond donors (Lipinski definition) is 0. The first kappa shape index (κ1) is 10.6. The average Bonchev–Trinajstić information content (AvgIpc) is 2.29. The van der Waals surface area contributed by atoms with Crippen LogP contribution in [0.4, 0.5) is 0 Å². The van der Waals surface area contributed by atoms with Crippen molar-refractivity contribution >= 4 is 0 Å². The Morgan fingerprint density at radius 2 is 2.06 bits per heavy atom. The summed E-state index contributed by atoms with van der Waals surface area (Å²) >= 11 is 0. The topological polar surface area (TPSA) is 51.5 Å². The van der Waals surface area contributed by atoms with Gasteiger partial charge in [0.25, 0.3) is 0 Å². The van der Waals surface area contributed by atoms with E-state index in [-0.39, 0.29) is 0 Å². The average molecular weight is 219 g/mol. The summed E-state index contributed by atoms with van der Waals surface area (Å²) in [4.78, 5) is 0. The van der Waals surface area contributed by atoms with Crippen LogP contribution in [0.2, 0.25) is 0 Å². The molecule has 0 aromatic heterocycles. The number of para-hydroxylation sites is 1. The standard InChI is InChI=1S/C12H13NO3/c1-12(2,8-13)16-10-5-3-4-9-11(10)15-7-6-14-9/h3-5H,6-7H2,1-2H3. The predicted octanol–water partition coefficient (Wildman–Crippen LogP) is 2.14. The highest BCUT2D eigenvalue weighted by Gasteiger charge is 2.23. The number of nitrogens with zero attached hydrogens (tertiary/aromatic N) is 1. The molecule has 1 aliphatic rings. The van der Waals surface area contributed by atoms with E-state index in [4.69, 9.17) is 19.5 Å². The van der Waals surface area contributed by atoms with Gasteiger partial charge in [0.1, 0.15) is 19.3 Å². The van der Waals surface area contributed by atoms with Gasteiger partial charge in [0.2, 0.25) is 5.75 Å². The van der Waals surface area contributed by atoms with E-state index in [2.05, 4.69) is 6.07 Å². The summed E-state index contributed by atoms with van der Waals surface area (Å²) in [5.74, 6) is 1.79.